The van der Waals surface area contributed by atoms with Gasteiger partial charge in [-0.2, -0.15) is 0 Å². The number of benzene rings is 2. The highest BCUT2D eigenvalue weighted by atomic mass is 19.1. The molecule has 0 aliphatic rings. The van der Waals surface area contributed by atoms with Crippen molar-refractivity contribution in [1.82, 2.24) is 0 Å². The van der Waals surface area contributed by atoms with Gasteiger partial charge in [-0.05, 0) is 29.8 Å². The molecule has 4 heteroatoms. The number of aromatic hydroxyl groups is 1. The third-order valence-electron chi connectivity index (χ3n) is 2.20. The first-order chi connectivity index (χ1) is 7.59. The van der Waals surface area contributed by atoms with E-state index in [1.165, 1.54) is 12.1 Å². The Morgan fingerprint density at radius 2 is 1.44 bits per heavy atom. The average Bonchev–Trinajstić information content (AvgIpc) is 2.23. The molecule has 0 aromatic heterocycles. The average molecular weight is 224 g/mol. The molecule has 1 nitrogen and oxygen atoms in total. The highest BCUT2D eigenvalue weighted by molar-refractivity contribution is 5.65. The van der Waals surface area contributed by atoms with Crippen molar-refractivity contribution in [3.05, 3.63) is 53.8 Å². The Labute approximate surface area is 89.8 Å². The molecule has 0 saturated carbocycles. The molecule has 0 bridgehead atoms. The first kappa shape index (κ1) is 10.5. The number of rotatable bonds is 1. The summed E-state index contributed by atoms with van der Waals surface area (Å²) in [4.78, 5) is 0. The quantitative estimate of drug-likeness (QED) is 0.786. The Balaban J connectivity index is 2.63. The van der Waals surface area contributed by atoms with E-state index in [1.807, 2.05) is 0 Å². The summed E-state index contributed by atoms with van der Waals surface area (Å²) in [6, 6.07) is 6.59. The van der Waals surface area contributed by atoms with Gasteiger partial charge in [-0.15, -0.1) is 0 Å². The van der Waals surface area contributed by atoms with Gasteiger partial charge in [0.05, 0.1) is 5.56 Å². The van der Waals surface area contributed by atoms with Crippen LogP contribution in [-0.4, -0.2) is 5.11 Å². The summed E-state index contributed by atoms with van der Waals surface area (Å²) in [5, 5.41) is 8.97. The summed E-state index contributed by atoms with van der Waals surface area (Å²) in [5.74, 6) is -3.02. The Kier molecular flexibility index (Phi) is 2.56. The van der Waals surface area contributed by atoms with Crippen molar-refractivity contribution < 1.29 is 18.3 Å². The lowest BCUT2D eigenvalue weighted by Crippen LogP contribution is -1.90. The standard InChI is InChI=1S/C12H7F3O/c13-8-2-1-3-9(14)12(8)7-4-5-11(16)10(15)6-7/h1-6,16H. The zero-order chi connectivity index (χ0) is 11.7. The molecular formula is C12H7F3O. The van der Waals surface area contributed by atoms with E-state index in [-0.39, 0.29) is 11.1 Å². The van der Waals surface area contributed by atoms with Gasteiger partial charge >= 0.3 is 0 Å². The second kappa shape index (κ2) is 3.89. The van der Waals surface area contributed by atoms with E-state index in [0.29, 0.717) is 0 Å². The third kappa shape index (κ3) is 1.74. The lowest BCUT2D eigenvalue weighted by atomic mass is 10.0. The molecule has 2 aromatic rings. The molecule has 82 valence electrons. The molecule has 0 aliphatic carbocycles. The lowest BCUT2D eigenvalue weighted by Gasteiger charge is -2.05. The van der Waals surface area contributed by atoms with Crippen LogP contribution in [0.1, 0.15) is 0 Å². The second-order valence-corrected chi connectivity index (χ2v) is 3.26. The van der Waals surface area contributed by atoms with Crippen LogP contribution in [0.5, 0.6) is 5.75 Å². The molecule has 0 unspecified atom stereocenters. The highest BCUT2D eigenvalue weighted by Gasteiger charge is 2.12. The van der Waals surface area contributed by atoms with Gasteiger partial charge in [-0.1, -0.05) is 12.1 Å². The Morgan fingerprint density at radius 3 is 2.00 bits per heavy atom. The van der Waals surface area contributed by atoms with E-state index >= 15 is 0 Å². The molecule has 0 aliphatic heterocycles. The largest absolute Gasteiger partial charge is 0.505 e. The van der Waals surface area contributed by atoms with Crippen molar-refractivity contribution in [1.29, 1.82) is 0 Å². The fraction of sp³-hybridized carbons (Fsp3) is 0. The van der Waals surface area contributed by atoms with Crippen LogP contribution < -0.4 is 0 Å². The van der Waals surface area contributed by atoms with Gasteiger partial charge in [0.15, 0.2) is 11.6 Å². The molecule has 0 fully saturated rings. The normalized spacial score (nSPS) is 10.4. The molecular weight excluding hydrogens is 217 g/mol. The zero-order valence-corrected chi connectivity index (χ0v) is 8.05. The molecule has 0 atom stereocenters. The maximum Gasteiger partial charge on any atom is 0.165 e. The third-order valence-corrected chi connectivity index (χ3v) is 2.20. The zero-order valence-electron chi connectivity index (χ0n) is 8.05. The van der Waals surface area contributed by atoms with Crippen LogP contribution >= 0.6 is 0 Å². The fourth-order valence-electron chi connectivity index (χ4n) is 1.44. The summed E-state index contributed by atoms with van der Waals surface area (Å²) in [6.45, 7) is 0. The number of phenols is 1. The van der Waals surface area contributed by atoms with Crippen LogP contribution in [0.3, 0.4) is 0 Å². The van der Waals surface area contributed by atoms with Crippen molar-refractivity contribution in [3.63, 3.8) is 0 Å². The van der Waals surface area contributed by atoms with Gasteiger partial charge in [0, 0.05) is 0 Å². The Morgan fingerprint density at radius 1 is 0.812 bits per heavy atom. The first-order valence-corrected chi connectivity index (χ1v) is 4.52. The molecule has 0 heterocycles. The smallest absolute Gasteiger partial charge is 0.165 e. The minimum absolute atomic E-state index is 0.0471. The molecule has 0 spiro atoms. The molecule has 1 N–H and O–H groups in total. The monoisotopic (exact) mass is 224 g/mol. The van der Waals surface area contributed by atoms with Crippen LogP contribution in [0.2, 0.25) is 0 Å². The van der Waals surface area contributed by atoms with Crippen molar-refractivity contribution in [3.8, 4) is 16.9 Å². The summed E-state index contributed by atoms with van der Waals surface area (Å²) in [7, 11) is 0. The van der Waals surface area contributed by atoms with E-state index < -0.39 is 23.2 Å². The van der Waals surface area contributed by atoms with Crippen LogP contribution in [0.15, 0.2) is 36.4 Å². The van der Waals surface area contributed by atoms with Crippen molar-refractivity contribution in [2.75, 3.05) is 0 Å². The SMILES string of the molecule is Oc1ccc(-c2c(F)cccc2F)cc1F. The Hall–Kier alpha value is -1.97. The second-order valence-electron chi connectivity index (χ2n) is 3.26. The van der Waals surface area contributed by atoms with Gasteiger partial charge in [0.2, 0.25) is 0 Å². The number of halogens is 3. The number of phenolic OH excluding ortho intramolecular Hbond substituents is 1. The topological polar surface area (TPSA) is 20.2 Å². The van der Waals surface area contributed by atoms with Gasteiger partial charge in [0.1, 0.15) is 11.6 Å². The number of hydrogen-bond acceptors (Lipinski definition) is 1. The maximum absolute atomic E-state index is 13.3. The minimum Gasteiger partial charge on any atom is -0.505 e. The summed E-state index contributed by atoms with van der Waals surface area (Å²) in [6.07, 6.45) is 0. The lowest BCUT2D eigenvalue weighted by molar-refractivity contribution is 0.432. The molecule has 0 saturated heterocycles. The molecule has 2 aromatic carbocycles. The molecule has 0 amide bonds. The van der Waals surface area contributed by atoms with E-state index in [4.69, 9.17) is 5.11 Å². The van der Waals surface area contributed by atoms with Crippen LogP contribution in [-0.2, 0) is 0 Å². The molecule has 0 radical (unpaired) electrons. The summed E-state index contributed by atoms with van der Waals surface area (Å²) in [5.41, 5.74) is -0.257. The van der Waals surface area contributed by atoms with Crippen molar-refractivity contribution in [2.24, 2.45) is 0 Å². The van der Waals surface area contributed by atoms with Gasteiger partial charge in [-0.25, -0.2) is 13.2 Å². The van der Waals surface area contributed by atoms with E-state index in [2.05, 4.69) is 0 Å². The van der Waals surface area contributed by atoms with Crippen LogP contribution in [0, 0.1) is 17.5 Å². The maximum atomic E-state index is 13.3. The number of hydrogen-bond donors (Lipinski definition) is 1. The van der Waals surface area contributed by atoms with E-state index in [9.17, 15) is 13.2 Å². The highest BCUT2D eigenvalue weighted by Crippen LogP contribution is 2.28. The van der Waals surface area contributed by atoms with E-state index in [1.54, 1.807) is 0 Å². The predicted molar refractivity (Wildman–Crippen MR) is 53.4 cm³/mol. The predicted octanol–water partition coefficient (Wildman–Crippen LogP) is 3.48. The summed E-state index contributed by atoms with van der Waals surface area (Å²) < 4.78 is 39.7. The van der Waals surface area contributed by atoms with Gasteiger partial charge < -0.3 is 5.11 Å². The van der Waals surface area contributed by atoms with Gasteiger partial charge in [0.25, 0.3) is 0 Å². The molecule has 2 rings (SSSR count). The van der Waals surface area contributed by atoms with E-state index in [0.717, 1.165) is 24.3 Å². The summed E-state index contributed by atoms with van der Waals surface area (Å²) >= 11 is 0. The molecule has 16 heavy (non-hydrogen) atoms. The minimum atomic E-state index is -0.917. The fourth-order valence-corrected chi connectivity index (χ4v) is 1.44. The van der Waals surface area contributed by atoms with Crippen LogP contribution in [0.4, 0.5) is 13.2 Å². The van der Waals surface area contributed by atoms with Gasteiger partial charge in [-0.3, -0.25) is 0 Å². The van der Waals surface area contributed by atoms with Crippen LogP contribution in [0.25, 0.3) is 11.1 Å². The first-order valence-electron chi connectivity index (χ1n) is 4.52. The van der Waals surface area contributed by atoms with Crippen molar-refractivity contribution in [2.45, 2.75) is 0 Å². The van der Waals surface area contributed by atoms with Crippen molar-refractivity contribution >= 4 is 0 Å². The Bertz CT molecular complexity index is 518.